The Morgan fingerprint density at radius 3 is 2.79 bits per heavy atom. The molecular weight excluding hydrogens is 368 g/mol. The number of H-pyrrole nitrogens is 2. The summed E-state index contributed by atoms with van der Waals surface area (Å²) in [6, 6.07) is 2.37. The summed E-state index contributed by atoms with van der Waals surface area (Å²) in [5, 5.41) is 1.05. The van der Waals surface area contributed by atoms with E-state index in [9.17, 15) is 4.79 Å². The summed E-state index contributed by atoms with van der Waals surface area (Å²) in [6.07, 6.45) is 9.96. The van der Waals surface area contributed by atoms with Crippen molar-refractivity contribution in [3.05, 3.63) is 28.9 Å². The summed E-state index contributed by atoms with van der Waals surface area (Å²) in [5.41, 5.74) is 2.78. The van der Waals surface area contributed by atoms with Gasteiger partial charge >= 0.3 is 5.69 Å². The average Bonchev–Trinajstić information content (AvgIpc) is 3.09. The molecule has 0 saturated heterocycles. The molecule has 2 N–H and O–H groups in total. The maximum Gasteiger partial charge on any atom is 0.326 e. The van der Waals surface area contributed by atoms with Crippen molar-refractivity contribution in [3.8, 4) is 0 Å². The van der Waals surface area contributed by atoms with E-state index in [1.165, 1.54) is 32.1 Å². The standard InChI is InChI=1S/C18H19BrN4O/c19-18-5-9-3-10(6-18)14(11(4-9)7-18)23-15-12-1-2-20-16(12)21-8-13(15)22-17(23)24/h1-2,8-11,14H,3-7H2,(H,20,21)(H,22,24). The fraction of sp³-hybridized carbons (Fsp3) is 0.556. The first-order valence-corrected chi connectivity index (χ1v) is 9.66. The molecule has 124 valence electrons. The highest BCUT2D eigenvalue weighted by Crippen LogP contribution is 2.62. The van der Waals surface area contributed by atoms with Gasteiger partial charge in [0.25, 0.3) is 0 Å². The molecule has 24 heavy (non-hydrogen) atoms. The Hall–Kier alpha value is -1.56. The first-order valence-electron chi connectivity index (χ1n) is 8.86. The molecule has 0 aliphatic heterocycles. The third-order valence-corrected chi connectivity index (χ3v) is 7.68. The number of aromatic nitrogens is 4. The fourth-order valence-corrected chi connectivity index (χ4v) is 7.52. The molecule has 4 aliphatic rings. The minimum absolute atomic E-state index is 0.0293. The first-order chi connectivity index (χ1) is 11.6. The van der Waals surface area contributed by atoms with Crippen molar-refractivity contribution in [3.63, 3.8) is 0 Å². The highest BCUT2D eigenvalue weighted by atomic mass is 79.9. The van der Waals surface area contributed by atoms with Gasteiger partial charge in [-0.25, -0.2) is 9.78 Å². The van der Waals surface area contributed by atoms with Gasteiger partial charge in [0, 0.05) is 21.9 Å². The SMILES string of the molecule is O=c1[nH]c2cnc3[nH]ccc3c2n1C1C2CC3CC1CC(Br)(C3)C2. The summed E-state index contributed by atoms with van der Waals surface area (Å²) in [7, 11) is 0. The predicted molar refractivity (Wildman–Crippen MR) is 96.5 cm³/mol. The van der Waals surface area contributed by atoms with Crippen molar-refractivity contribution in [1.29, 1.82) is 0 Å². The van der Waals surface area contributed by atoms with Crippen LogP contribution in [0.2, 0.25) is 0 Å². The normalized spacial score (nSPS) is 37.7. The molecule has 0 amide bonds. The number of nitrogens with zero attached hydrogens (tertiary/aromatic N) is 2. The van der Waals surface area contributed by atoms with Crippen LogP contribution in [0.1, 0.15) is 38.1 Å². The van der Waals surface area contributed by atoms with Gasteiger partial charge in [-0.2, -0.15) is 0 Å². The Morgan fingerprint density at radius 1 is 1.25 bits per heavy atom. The number of alkyl halides is 1. The lowest BCUT2D eigenvalue weighted by Crippen LogP contribution is -2.53. The van der Waals surface area contributed by atoms with Gasteiger partial charge in [0.1, 0.15) is 5.65 Å². The van der Waals surface area contributed by atoms with E-state index in [2.05, 4.69) is 35.4 Å². The smallest absolute Gasteiger partial charge is 0.326 e. The van der Waals surface area contributed by atoms with Crippen LogP contribution in [0.5, 0.6) is 0 Å². The second-order valence-electron chi connectivity index (χ2n) is 8.17. The zero-order chi connectivity index (χ0) is 16.1. The van der Waals surface area contributed by atoms with Crippen molar-refractivity contribution in [2.75, 3.05) is 0 Å². The van der Waals surface area contributed by atoms with Crippen LogP contribution < -0.4 is 5.69 Å². The number of halogens is 1. The lowest BCUT2D eigenvalue weighted by molar-refractivity contribution is -0.0108. The zero-order valence-electron chi connectivity index (χ0n) is 13.3. The molecule has 0 aromatic carbocycles. The van der Waals surface area contributed by atoms with Gasteiger partial charge in [-0.15, -0.1) is 0 Å². The van der Waals surface area contributed by atoms with Crippen LogP contribution in [0.3, 0.4) is 0 Å². The third kappa shape index (κ3) is 1.65. The molecule has 2 atom stereocenters. The van der Waals surface area contributed by atoms with Gasteiger partial charge < -0.3 is 9.97 Å². The number of rotatable bonds is 1. The second-order valence-corrected chi connectivity index (χ2v) is 9.85. The van der Waals surface area contributed by atoms with Crippen molar-refractivity contribution in [1.82, 2.24) is 19.5 Å². The van der Waals surface area contributed by atoms with E-state index in [0.717, 1.165) is 28.0 Å². The van der Waals surface area contributed by atoms with E-state index in [1.54, 1.807) is 6.20 Å². The fourth-order valence-electron chi connectivity index (χ4n) is 6.23. The number of nitrogens with one attached hydrogen (secondary N) is 2. The number of hydrogen-bond acceptors (Lipinski definition) is 2. The van der Waals surface area contributed by atoms with Crippen LogP contribution in [-0.4, -0.2) is 23.8 Å². The molecule has 4 fully saturated rings. The topological polar surface area (TPSA) is 66.5 Å². The van der Waals surface area contributed by atoms with Gasteiger partial charge in [-0.05, 0) is 55.9 Å². The highest BCUT2D eigenvalue weighted by molar-refractivity contribution is 9.10. The number of aromatic amines is 2. The number of pyridine rings is 1. The predicted octanol–water partition coefficient (Wildman–Crippen LogP) is 3.72. The molecule has 3 heterocycles. The van der Waals surface area contributed by atoms with Crippen LogP contribution in [0.4, 0.5) is 0 Å². The quantitative estimate of drug-likeness (QED) is 0.625. The Bertz CT molecular complexity index is 1010. The molecule has 4 saturated carbocycles. The molecule has 6 heteroatoms. The summed E-state index contributed by atoms with van der Waals surface area (Å²) in [6.45, 7) is 0. The molecule has 3 aromatic heterocycles. The Morgan fingerprint density at radius 2 is 2.04 bits per heavy atom. The zero-order valence-corrected chi connectivity index (χ0v) is 14.8. The third-order valence-electron chi connectivity index (χ3n) is 6.71. The van der Waals surface area contributed by atoms with Gasteiger partial charge in [0.15, 0.2) is 0 Å². The molecule has 3 aromatic rings. The van der Waals surface area contributed by atoms with Gasteiger partial charge in [0.05, 0.1) is 17.2 Å². The van der Waals surface area contributed by atoms with E-state index in [4.69, 9.17) is 0 Å². The minimum Gasteiger partial charge on any atom is -0.346 e. The lowest BCUT2D eigenvalue weighted by atomic mass is 9.54. The maximum absolute atomic E-state index is 12.9. The Kier molecular flexibility index (Phi) is 2.48. The molecular formula is C18H19BrN4O. The maximum atomic E-state index is 12.9. The summed E-state index contributed by atoms with van der Waals surface area (Å²) in [5.74, 6) is 2.05. The number of hydrogen-bond donors (Lipinski definition) is 2. The molecule has 7 rings (SSSR count). The number of imidazole rings is 1. The van der Waals surface area contributed by atoms with Crippen molar-refractivity contribution < 1.29 is 0 Å². The van der Waals surface area contributed by atoms with Gasteiger partial charge in [0.2, 0.25) is 0 Å². The summed E-state index contributed by atoms with van der Waals surface area (Å²) < 4.78 is 2.41. The van der Waals surface area contributed by atoms with Crippen LogP contribution in [0.15, 0.2) is 23.3 Å². The number of fused-ring (bicyclic) bond motifs is 3. The van der Waals surface area contributed by atoms with Crippen LogP contribution >= 0.6 is 15.9 Å². The van der Waals surface area contributed by atoms with Crippen LogP contribution in [0, 0.1) is 17.8 Å². The molecule has 4 bridgehead atoms. The summed E-state index contributed by atoms with van der Waals surface area (Å²) in [4.78, 5) is 23.5. The molecule has 0 radical (unpaired) electrons. The van der Waals surface area contributed by atoms with Crippen molar-refractivity contribution in [2.45, 2.75) is 42.5 Å². The molecule has 4 aliphatic carbocycles. The molecule has 0 spiro atoms. The first kappa shape index (κ1) is 13.7. The molecule has 2 unspecified atom stereocenters. The van der Waals surface area contributed by atoms with Crippen LogP contribution in [-0.2, 0) is 0 Å². The average molecular weight is 387 g/mol. The van der Waals surface area contributed by atoms with Crippen molar-refractivity contribution >= 4 is 38.0 Å². The van der Waals surface area contributed by atoms with E-state index in [0.29, 0.717) is 22.2 Å². The van der Waals surface area contributed by atoms with E-state index in [1.807, 2.05) is 12.3 Å². The van der Waals surface area contributed by atoms with Crippen LogP contribution in [0.25, 0.3) is 22.1 Å². The second kappa shape index (κ2) is 4.34. The summed E-state index contributed by atoms with van der Waals surface area (Å²) >= 11 is 4.04. The lowest BCUT2D eigenvalue weighted by Gasteiger charge is -2.58. The van der Waals surface area contributed by atoms with Gasteiger partial charge in [-0.1, -0.05) is 15.9 Å². The Labute approximate surface area is 147 Å². The monoisotopic (exact) mass is 386 g/mol. The largest absolute Gasteiger partial charge is 0.346 e. The highest BCUT2D eigenvalue weighted by Gasteiger charge is 2.55. The minimum atomic E-state index is 0.0293. The molecule has 5 nitrogen and oxygen atoms in total. The van der Waals surface area contributed by atoms with E-state index in [-0.39, 0.29) is 5.69 Å². The van der Waals surface area contributed by atoms with Crippen molar-refractivity contribution in [2.24, 2.45) is 17.8 Å². The Balaban J connectivity index is 1.61. The van der Waals surface area contributed by atoms with E-state index < -0.39 is 0 Å². The van der Waals surface area contributed by atoms with Gasteiger partial charge in [-0.3, -0.25) is 4.57 Å². The van der Waals surface area contributed by atoms with E-state index >= 15 is 0 Å².